The SMILES string of the molecule is Cc1ccc(O)c(/C=N/NC(=O)c2ccc(N)cc2)n1. The highest BCUT2D eigenvalue weighted by Crippen LogP contribution is 2.12. The van der Waals surface area contributed by atoms with Gasteiger partial charge in [0.1, 0.15) is 11.4 Å². The summed E-state index contributed by atoms with van der Waals surface area (Å²) in [5.41, 5.74) is 9.95. The van der Waals surface area contributed by atoms with Crippen molar-refractivity contribution >= 4 is 17.8 Å². The quantitative estimate of drug-likeness (QED) is 0.446. The first kappa shape index (κ1) is 13.5. The van der Waals surface area contributed by atoms with Gasteiger partial charge in [0.15, 0.2) is 0 Å². The molecule has 0 spiro atoms. The molecule has 0 atom stereocenters. The van der Waals surface area contributed by atoms with Crippen molar-refractivity contribution in [1.82, 2.24) is 10.4 Å². The second-order valence-electron chi connectivity index (χ2n) is 4.18. The summed E-state index contributed by atoms with van der Waals surface area (Å²) in [7, 11) is 0. The van der Waals surface area contributed by atoms with E-state index < -0.39 is 0 Å². The number of carbonyl (C=O) groups excluding carboxylic acids is 1. The molecule has 2 aromatic rings. The Morgan fingerprint density at radius 3 is 2.70 bits per heavy atom. The van der Waals surface area contributed by atoms with Crippen LogP contribution in [0.2, 0.25) is 0 Å². The average Bonchev–Trinajstić information content (AvgIpc) is 2.43. The van der Waals surface area contributed by atoms with Gasteiger partial charge in [-0.15, -0.1) is 0 Å². The van der Waals surface area contributed by atoms with Crippen LogP contribution in [0, 0.1) is 6.92 Å². The normalized spacial score (nSPS) is 10.7. The molecule has 1 heterocycles. The molecule has 0 saturated carbocycles. The monoisotopic (exact) mass is 270 g/mol. The molecule has 4 N–H and O–H groups in total. The van der Waals surface area contributed by atoms with Crippen molar-refractivity contribution in [2.24, 2.45) is 5.10 Å². The summed E-state index contributed by atoms with van der Waals surface area (Å²) in [6, 6.07) is 9.66. The number of pyridine rings is 1. The lowest BCUT2D eigenvalue weighted by molar-refractivity contribution is 0.0955. The number of hydrogen-bond acceptors (Lipinski definition) is 5. The van der Waals surface area contributed by atoms with Crippen LogP contribution in [0.15, 0.2) is 41.5 Å². The number of aryl methyl sites for hydroxylation is 1. The van der Waals surface area contributed by atoms with Crippen LogP contribution >= 0.6 is 0 Å². The van der Waals surface area contributed by atoms with Gasteiger partial charge in [-0.25, -0.2) is 10.4 Å². The summed E-state index contributed by atoms with van der Waals surface area (Å²) in [6.45, 7) is 1.80. The standard InChI is InChI=1S/C14H14N4O2/c1-9-2-7-13(19)12(17-9)8-16-18-14(20)10-3-5-11(15)6-4-10/h2-8,19H,15H2,1H3,(H,18,20)/b16-8+. The maximum absolute atomic E-state index is 11.7. The number of aromatic nitrogens is 1. The highest BCUT2D eigenvalue weighted by Gasteiger charge is 2.04. The minimum Gasteiger partial charge on any atom is -0.506 e. The van der Waals surface area contributed by atoms with Gasteiger partial charge in [0.2, 0.25) is 0 Å². The van der Waals surface area contributed by atoms with Crippen molar-refractivity contribution in [3.63, 3.8) is 0 Å². The highest BCUT2D eigenvalue weighted by molar-refractivity contribution is 5.95. The zero-order valence-electron chi connectivity index (χ0n) is 10.9. The molecule has 1 amide bonds. The van der Waals surface area contributed by atoms with Gasteiger partial charge in [-0.2, -0.15) is 5.10 Å². The second-order valence-corrected chi connectivity index (χ2v) is 4.18. The Balaban J connectivity index is 2.04. The molecule has 1 aromatic carbocycles. The number of anilines is 1. The third kappa shape index (κ3) is 3.32. The van der Waals surface area contributed by atoms with E-state index in [1.807, 2.05) is 0 Å². The van der Waals surface area contributed by atoms with Gasteiger partial charge in [0.05, 0.1) is 6.21 Å². The number of nitrogens with zero attached hydrogens (tertiary/aromatic N) is 2. The number of hydrogen-bond donors (Lipinski definition) is 3. The van der Waals surface area contributed by atoms with E-state index in [1.165, 1.54) is 12.3 Å². The number of nitrogens with one attached hydrogen (secondary N) is 1. The predicted octanol–water partition coefficient (Wildman–Crippen LogP) is 1.44. The van der Waals surface area contributed by atoms with Gasteiger partial charge in [-0.3, -0.25) is 4.79 Å². The van der Waals surface area contributed by atoms with Crippen molar-refractivity contribution in [1.29, 1.82) is 0 Å². The third-order valence-electron chi connectivity index (χ3n) is 2.57. The van der Waals surface area contributed by atoms with Gasteiger partial charge in [-0.1, -0.05) is 0 Å². The number of rotatable bonds is 3. The first-order valence-corrected chi connectivity index (χ1v) is 5.92. The van der Waals surface area contributed by atoms with Gasteiger partial charge >= 0.3 is 0 Å². The minimum absolute atomic E-state index is 0.00100. The number of amides is 1. The van der Waals surface area contributed by atoms with Crippen LogP contribution in [0.5, 0.6) is 5.75 Å². The van der Waals surface area contributed by atoms with E-state index in [9.17, 15) is 9.90 Å². The van der Waals surface area contributed by atoms with E-state index in [4.69, 9.17) is 5.73 Å². The van der Waals surface area contributed by atoms with Crippen molar-refractivity contribution in [3.05, 3.63) is 53.3 Å². The van der Waals surface area contributed by atoms with Crippen LogP contribution in [0.1, 0.15) is 21.7 Å². The molecule has 0 bridgehead atoms. The Kier molecular flexibility index (Phi) is 3.95. The Bertz CT molecular complexity index is 651. The number of hydrazone groups is 1. The van der Waals surface area contributed by atoms with Crippen LogP contribution in [0.4, 0.5) is 5.69 Å². The summed E-state index contributed by atoms with van der Waals surface area (Å²) in [5, 5.41) is 13.3. The molecule has 0 radical (unpaired) electrons. The first-order chi connectivity index (χ1) is 9.56. The lowest BCUT2D eigenvalue weighted by atomic mass is 10.2. The molecular weight excluding hydrogens is 256 g/mol. The average molecular weight is 270 g/mol. The Morgan fingerprint density at radius 2 is 2.00 bits per heavy atom. The fourth-order valence-corrected chi connectivity index (χ4v) is 1.52. The Labute approximate surface area is 116 Å². The summed E-state index contributed by atoms with van der Waals surface area (Å²) in [4.78, 5) is 15.8. The third-order valence-corrected chi connectivity index (χ3v) is 2.57. The largest absolute Gasteiger partial charge is 0.506 e. The molecule has 6 heteroatoms. The molecule has 2 rings (SSSR count). The molecule has 6 nitrogen and oxygen atoms in total. The van der Waals surface area contributed by atoms with Crippen molar-refractivity contribution in [2.45, 2.75) is 6.92 Å². The Morgan fingerprint density at radius 1 is 1.30 bits per heavy atom. The van der Waals surface area contributed by atoms with E-state index in [0.717, 1.165) is 5.69 Å². The second kappa shape index (κ2) is 5.83. The molecular formula is C14H14N4O2. The van der Waals surface area contributed by atoms with E-state index in [0.29, 0.717) is 16.9 Å². The van der Waals surface area contributed by atoms with Gasteiger partial charge in [0, 0.05) is 16.9 Å². The Hall–Kier alpha value is -2.89. The van der Waals surface area contributed by atoms with E-state index in [2.05, 4.69) is 15.5 Å². The number of nitrogen functional groups attached to an aromatic ring is 1. The van der Waals surface area contributed by atoms with Gasteiger partial charge in [-0.05, 0) is 43.3 Å². The molecule has 1 aromatic heterocycles. The topological polar surface area (TPSA) is 101 Å². The smallest absolute Gasteiger partial charge is 0.271 e. The van der Waals surface area contributed by atoms with Crippen LogP contribution in [0.25, 0.3) is 0 Å². The molecule has 0 aliphatic rings. The summed E-state index contributed by atoms with van der Waals surface area (Å²) >= 11 is 0. The zero-order chi connectivity index (χ0) is 14.5. The molecule has 0 unspecified atom stereocenters. The lowest BCUT2D eigenvalue weighted by Gasteiger charge is -2.01. The van der Waals surface area contributed by atoms with Crippen LogP contribution < -0.4 is 11.2 Å². The van der Waals surface area contributed by atoms with Gasteiger partial charge < -0.3 is 10.8 Å². The summed E-state index contributed by atoms with van der Waals surface area (Å²) in [6.07, 6.45) is 1.29. The van der Waals surface area contributed by atoms with Crippen LogP contribution in [-0.4, -0.2) is 22.2 Å². The zero-order valence-corrected chi connectivity index (χ0v) is 10.9. The van der Waals surface area contributed by atoms with Crippen molar-refractivity contribution in [3.8, 4) is 5.75 Å². The van der Waals surface area contributed by atoms with E-state index >= 15 is 0 Å². The predicted molar refractivity (Wildman–Crippen MR) is 76.6 cm³/mol. The van der Waals surface area contributed by atoms with E-state index in [-0.39, 0.29) is 11.7 Å². The van der Waals surface area contributed by atoms with E-state index in [1.54, 1.807) is 37.3 Å². The number of nitrogens with two attached hydrogens (primary N) is 1. The summed E-state index contributed by atoms with van der Waals surface area (Å²) < 4.78 is 0. The number of aromatic hydroxyl groups is 1. The molecule has 0 saturated heterocycles. The maximum atomic E-state index is 11.7. The molecule has 20 heavy (non-hydrogen) atoms. The molecule has 102 valence electrons. The van der Waals surface area contributed by atoms with Crippen LogP contribution in [-0.2, 0) is 0 Å². The molecule has 0 aliphatic carbocycles. The highest BCUT2D eigenvalue weighted by atomic mass is 16.3. The first-order valence-electron chi connectivity index (χ1n) is 5.92. The minimum atomic E-state index is -0.367. The van der Waals surface area contributed by atoms with Crippen LogP contribution in [0.3, 0.4) is 0 Å². The fourth-order valence-electron chi connectivity index (χ4n) is 1.52. The fraction of sp³-hybridized carbons (Fsp3) is 0.0714. The molecule has 0 aliphatic heterocycles. The van der Waals surface area contributed by atoms with Gasteiger partial charge in [0.25, 0.3) is 5.91 Å². The number of benzene rings is 1. The number of carbonyl (C=O) groups is 1. The maximum Gasteiger partial charge on any atom is 0.271 e. The van der Waals surface area contributed by atoms with Crippen molar-refractivity contribution in [2.75, 3.05) is 5.73 Å². The molecule has 0 fully saturated rings. The summed E-state index contributed by atoms with van der Waals surface area (Å²) in [5.74, 6) is -0.366. The van der Waals surface area contributed by atoms with Crippen molar-refractivity contribution < 1.29 is 9.90 Å². The lowest BCUT2D eigenvalue weighted by Crippen LogP contribution is -2.17.